The van der Waals surface area contributed by atoms with Gasteiger partial charge in [0.05, 0.1) is 24.8 Å². The number of fused-ring (bicyclic) bond motifs is 1. The average molecular weight is 437 g/mol. The topological polar surface area (TPSA) is 75.8 Å². The zero-order valence-electron chi connectivity index (χ0n) is 18.7. The van der Waals surface area contributed by atoms with Gasteiger partial charge in [0, 0.05) is 24.5 Å². The lowest BCUT2D eigenvalue weighted by Crippen LogP contribution is -2.44. The van der Waals surface area contributed by atoms with Gasteiger partial charge in [0.15, 0.2) is 0 Å². The second-order valence-electron chi connectivity index (χ2n) is 8.72. The number of methoxy groups -OCH3 is 1. The fourth-order valence-corrected chi connectivity index (χ4v) is 4.91. The first-order valence-electron chi connectivity index (χ1n) is 11.5. The van der Waals surface area contributed by atoms with Crippen LogP contribution in [0, 0.1) is 11.8 Å². The van der Waals surface area contributed by atoms with Crippen molar-refractivity contribution in [3.63, 3.8) is 0 Å². The molecule has 32 heavy (non-hydrogen) atoms. The van der Waals surface area contributed by atoms with Gasteiger partial charge in [-0.25, -0.2) is 0 Å². The average Bonchev–Trinajstić information content (AvgIpc) is 3.33. The van der Waals surface area contributed by atoms with Gasteiger partial charge in [0.1, 0.15) is 11.5 Å². The van der Waals surface area contributed by atoms with Crippen molar-refractivity contribution in [3.8, 4) is 5.75 Å². The smallest absolute Gasteiger partial charge is 0.308 e. The van der Waals surface area contributed by atoms with Crippen molar-refractivity contribution < 1.29 is 19.1 Å². The lowest BCUT2D eigenvalue weighted by atomic mass is 9.81. The number of furan rings is 1. The van der Waals surface area contributed by atoms with E-state index in [-0.39, 0.29) is 11.8 Å². The van der Waals surface area contributed by atoms with Crippen molar-refractivity contribution in [2.75, 3.05) is 26.7 Å². The number of carboxylic acids is 1. The van der Waals surface area contributed by atoms with Gasteiger partial charge in [0.2, 0.25) is 0 Å². The predicted octanol–water partition coefficient (Wildman–Crippen LogP) is 4.81. The van der Waals surface area contributed by atoms with E-state index in [1.54, 1.807) is 13.4 Å². The Bertz CT molecular complexity index is 1020. The number of aryl methyl sites for hydroxylation is 2. The normalized spacial score (nSPS) is 19.3. The summed E-state index contributed by atoms with van der Waals surface area (Å²) in [5.74, 6) is 1.11. The highest BCUT2D eigenvalue weighted by atomic mass is 16.5. The molecule has 0 spiro atoms. The Morgan fingerprint density at radius 2 is 2.16 bits per heavy atom. The summed E-state index contributed by atoms with van der Waals surface area (Å²) in [6, 6.07) is 11.9. The summed E-state index contributed by atoms with van der Waals surface area (Å²) in [6.45, 7) is 2.54. The van der Waals surface area contributed by atoms with Crippen molar-refractivity contribution in [1.29, 1.82) is 0 Å². The van der Waals surface area contributed by atoms with Crippen LogP contribution in [0.5, 0.6) is 5.75 Å². The molecule has 3 aromatic rings. The van der Waals surface area contributed by atoms with Gasteiger partial charge in [-0.15, -0.1) is 0 Å². The maximum Gasteiger partial charge on any atom is 0.308 e. The van der Waals surface area contributed by atoms with Crippen LogP contribution in [0.4, 0.5) is 0 Å². The summed E-state index contributed by atoms with van der Waals surface area (Å²) in [7, 11) is 1.67. The van der Waals surface area contributed by atoms with Crippen LogP contribution in [-0.4, -0.2) is 47.7 Å². The maximum atomic E-state index is 12.0. The first kappa shape index (κ1) is 22.3. The number of rotatable bonds is 10. The molecular weight excluding hydrogens is 404 g/mol. The number of aliphatic carboxylic acids is 1. The summed E-state index contributed by atoms with van der Waals surface area (Å²) in [6.07, 6.45) is 9.22. The van der Waals surface area contributed by atoms with Crippen LogP contribution >= 0.6 is 0 Å². The number of pyridine rings is 1. The molecule has 3 heterocycles. The third kappa shape index (κ3) is 5.49. The molecule has 1 aliphatic heterocycles. The second kappa shape index (κ2) is 10.6. The standard InChI is InChI=1S/C26H32N2O4/c1-31-22-9-10-25-23(17-22)19(11-13-27-25)5-2-6-20-12-15-28(18-24(20)26(29)30)14-3-7-21-8-4-16-32-21/h4,8-11,13,16-17,20,24H,2-3,5-7,12,14-15,18H2,1H3,(H,29,30). The summed E-state index contributed by atoms with van der Waals surface area (Å²) in [5.41, 5.74) is 2.21. The molecular formula is C26H32N2O4. The quantitative estimate of drug-likeness (QED) is 0.491. The van der Waals surface area contributed by atoms with Crippen molar-refractivity contribution in [3.05, 3.63) is 60.2 Å². The highest BCUT2D eigenvalue weighted by molar-refractivity contribution is 5.83. The predicted molar refractivity (Wildman–Crippen MR) is 124 cm³/mol. The monoisotopic (exact) mass is 436 g/mol. The van der Waals surface area contributed by atoms with Crippen molar-refractivity contribution >= 4 is 16.9 Å². The van der Waals surface area contributed by atoms with Crippen LogP contribution in [0.3, 0.4) is 0 Å². The molecule has 1 N–H and O–H groups in total. The Kier molecular flexibility index (Phi) is 7.43. The number of hydrogen-bond acceptors (Lipinski definition) is 5. The van der Waals surface area contributed by atoms with Gasteiger partial charge in [0.25, 0.3) is 0 Å². The number of piperidine rings is 1. The fourth-order valence-electron chi connectivity index (χ4n) is 4.91. The molecule has 0 aliphatic carbocycles. The van der Waals surface area contributed by atoms with Crippen LogP contribution in [0.1, 0.15) is 37.0 Å². The first-order valence-corrected chi connectivity index (χ1v) is 11.5. The number of ether oxygens (including phenoxy) is 1. The van der Waals surface area contributed by atoms with Crippen LogP contribution in [0.25, 0.3) is 10.9 Å². The maximum absolute atomic E-state index is 12.0. The summed E-state index contributed by atoms with van der Waals surface area (Å²) >= 11 is 0. The fraction of sp³-hybridized carbons (Fsp3) is 0.462. The Balaban J connectivity index is 1.30. The van der Waals surface area contributed by atoms with E-state index in [9.17, 15) is 9.90 Å². The van der Waals surface area contributed by atoms with Crippen LogP contribution in [0.15, 0.2) is 53.3 Å². The van der Waals surface area contributed by atoms with Gasteiger partial charge in [-0.05, 0) is 93.1 Å². The van der Waals surface area contributed by atoms with Gasteiger partial charge >= 0.3 is 5.97 Å². The highest BCUT2D eigenvalue weighted by Gasteiger charge is 2.33. The molecule has 0 radical (unpaired) electrons. The van der Waals surface area contributed by atoms with Crippen molar-refractivity contribution in [1.82, 2.24) is 9.88 Å². The third-order valence-corrected chi connectivity index (χ3v) is 6.69. The number of nitrogens with zero attached hydrogens (tertiary/aromatic N) is 2. The second-order valence-corrected chi connectivity index (χ2v) is 8.72. The number of likely N-dealkylation sites (tertiary alicyclic amines) is 1. The molecule has 2 atom stereocenters. The SMILES string of the molecule is COc1ccc2nccc(CCCC3CCN(CCCc4ccco4)CC3C(=O)O)c2c1. The number of carbonyl (C=O) groups is 1. The van der Waals surface area contributed by atoms with E-state index < -0.39 is 5.97 Å². The van der Waals surface area contributed by atoms with Crippen molar-refractivity contribution in [2.24, 2.45) is 11.8 Å². The molecule has 6 heteroatoms. The number of benzene rings is 1. The largest absolute Gasteiger partial charge is 0.497 e. The number of aromatic nitrogens is 1. The first-order chi connectivity index (χ1) is 15.6. The Morgan fingerprint density at radius 1 is 1.25 bits per heavy atom. The summed E-state index contributed by atoms with van der Waals surface area (Å²) in [4.78, 5) is 18.7. The minimum Gasteiger partial charge on any atom is -0.497 e. The minimum atomic E-state index is -0.662. The Morgan fingerprint density at radius 3 is 2.94 bits per heavy atom. The van der Waals surface area contributed by atoms with Crippen molar-refractivity contribution in [2.45, 2.75) is 38.5 Å². The van der Waals surface area contributed by atoms with Gasteiger partial charge in [-0.3, -0.25) is 9.78 Å². The van der Waals surface area contributed by atoms with E-state index >= 15 is 0 Å². The number of carboxylic acid groups (broad SMARTS) is 1. The Labute approximate surface area is 189 Å². The molecule has 6 nitrogen and oxygen atoms in total. The minimum absolute atomic E-state index is 0.233. The summed E-state index contributed by atoms with van der Waals surface area (Å²) < 4.78 is 10.8. The molecule has 170 valence electrons. The van der Waals surface area contributed by atoms with Crippen LogP contribution < -0.4 is 4.74 Å². The van der Waals surface area contributed by atoms with Crippen LogP contribution in [0.2, 0.25) is 0 Å². The van der Waals surface area contributed by atoms with Gasteiger partial charge < -0.3 is 19.2 Å². The molecule has 2 unspecified atom stereocenters. The van der Waals surface area contributed by atoms with Gasteiger partial charge in [-0.2, -0.15) is 0 Å². The molecule has 4 rings (SSSR count). The van der Waals surface area contributed by atoms with E-state index in [4.69, 9.17) is 9.15 Å². The third-order valence-electron chi connectivity index (χ3n) is 6.69. The number of hydrogen-bond donors (Lipinski definition) is 1. The zero-order chi connectivity index (χ0) is 22.3. The van der Waals surface area contributed by atoms with E-state index in [0.717, 1.165) is 74.0 Å². The van der Waals surface area contributed by atoms with Gasteiger partial charge in [-0.1, -0.05) is 0 Å². The van der Waals surface area contributed by atoms with E-state index in [1.807, 2.05) is 36.5 Å². The lowest BCUT2D eigenvalue weighted by molar-refractivity contribution is -0.146. The van der Waals surface area contributed by atoms with Crippen LogP contribution in [-0.2, 0) is 17.6 Å². The molecule has 1 aliphatic rings. The molecule has 0 bridgehead atoms. The molecule has 2 aromatic heterocycles. The highest BCUT2D eigenvalue weighted by Crippen LogP contribution is 2.30. The Hall–Kier alpha value is -2.86. The molecule has 1 fully saturated rings. The molecule has 1 aromatic carbocycles. The lowest BCUT2D eigenvalue weighted by Gasteiger charge is -2.36. The van der Waals surface area contributed by atoms with E-state index in [2.05, 4.69) is 16.0 Å². The molecule has 0 saturated carbocycles. The van der Waals surface area contributed by atoms with E-state index in [0.29, 0.717) is 6.54 Å². The van der Waals surface area contributed by atoms with E-state index in [1.165, 1.54) is 5.56 Å². The summed E-state index contributed by atoms with van der Waals surface area (Å²) in [5, 5.41) is 11.0. The molecule has 1 saturated heterocycles. The molecule has 0 amide bonds. The zero-order valence-corrected chi connectivity index (χ0v) is 18.7.